The summed E-state index contributed by atoms with van der Waals surface area (Å²) in [7, 11) is 1.37. The highest BCUT2D eigenvalue weighted by atomic mass is 16.5. The van der Waals surface area contributed by atoms with Gasteiger partial charge < -0.3 is 9.53 Å². The number of hydrogen-bond donors (Lipinski definition) is 0. The third-order valence-electron chi connectivity index (χ3n) is 3.82. The zero-order chi connectivity index (χ0) is 13.6. The van der Waals surface area contributed by atoms with Gasteiger partial charge in [0.15, 0.2) is 0 Å². The lowest BCUT2D eigenvalue weighted by atomic mass is 9.68. The summed E-state index contributed by atoms with van der Waals surface area (Å²) in [6.07, 6.45) is 11.0. The first-order valence-corrected chi connectivity index (χ1v) is 6.43. The molecule has 1 saturated carbocycles. The first kappa shape index (κ1) is 14.7. The van der Waals surface area contributed by atoms with Gasteiger partial charge in [-0.1, -0.05) is 38.0 Å². The molecule has 0 bridgehead atoms. The van der Waals surface area contributed by atoms with E-state index in [1.807, 2.05) is 6.08 Å². The largest absolute Gasteiger partial charge is 0.466 e. The molecule has 1 aliphatic carbocycles. The van der Waals surface area contributed by atoms with Crippen molar-refractivity contribution in [2.75, 3.05) is 7.11 Å². The van der Waals surface area contributed by atoms with Crippen molar-refractivity contribution in [3.05, 3.63) is 23.8 Å². The summed E-state index contributed by atoms with van der Waals surface area (Å²) < 4.78 is 4.62. The fourth-order valence-corrected chi connectivity index (χ4v) is 2.46. The van der Waals surface area contributed by atoms with Crippen molar-refractivity contribution in [1.29, 1.82) is 0 Å². The highest BCUT2D eigenvalue weighted by Crippen LogP contribution is 2.41. The predicted octanol–water partition coefficient (Wildman–Crippen LogP) is 3.06. The van der Waals surface area contributed by atoms with Crippen LogP contribution in [0.5, 0.6) is 0 Å². The summed E-state index contributed by atoms with van der Waals surface area (Å²) >= 11 is 0. The van der Waals surface area contributed by atoms with Gasteiger partial charge in [0.25, 0.3) is 0 Å². The van der Waals surface area contributed by atoms with E-state index in [1.165, 1.54) is 7.11 Å². The Morgan fingerprint density at radius 3 is 2.72 bits per heavy atom. The minimum Gasteiger partial charge on any atom is -0.466 e. The van der Waals surface area contributed by atoms with Crippen LogP contribution in [0.25, 0.3) is 0 Å². The van der Waals surface area contributed by atoms with Gasteiger partial charge in [0, 0.05) is 11.5 Å². The normalized spacial score (nSPS) is 29.3. The molecule has 2 unspecified atom stereocenters. The lowest BCUT2D eigenvalue weighted by Crippen LogP contribution is -2.29. The number of aldehydes is 1. The maximum atomic E-state index is 11.2. The number of rotatable bonds is 4. The van der Waals surface area contributed by atoms with Gasteiger partial charge in [-0.3, -0.25) is 0 Å². The van der Waals surface area contributed by atoms with Gasteiger partial charge in [-0.15, -0.1) is 0 Å². The molecular weight excluding hydrogens is 228 g/mol. The van der Waals surface area contributed by atoms with E-state index in [-0.39, 0.29) is 17.3 Å². The minimum absolute atomic E-state index is 0.0765. The maximum absolute atomic E-state index is 11.2. The van der Waals surface area contributed by atoms with E-state index >= 15 is 0 Å². The van der Waals surface area contributed by atoms with Gasteiger partial charge in [-0.2, -0.15) is 0 Å². The van der Waals surface area contributed by atoms with Crippen LogP contribution in [-0.4, -0.2) is 19.4 Å². The minimum atomic E-state index is -0.319. The fraction of sp³-hybridized carbons (Fsp3) is 0.600. The molecule has 0 radical (unpaired) electrons. The maximum Gasteiger partial charge on any atom is 0.333 e. The second kappa shape index (κ2) is 6.53. The molecule has 2 atom stereocenters. The molecule has 0 N–H and O–H groups in total. The number of allylic oxidation sites excluding steroid dienone is 3. The fourth-order valence-electron chi connectivity index (χ4n) is 2.46. The van der Waals surface area contributed by atoms with E-state index in [0.29, 0.717) is 5.57 Å². The quantitative estimate of drug-likeness (QED) is 0.333. The zero-order valence-electron chi connectivity index (χ0n) is 11.4. The predicted molar refractivity (Wildman–Crippen MR) is 71.0 cm³/mol. The molecule has 1 aliphatic rings. The standard InChI is InChI=1S/C15H22O3/c1-12(14(17)18-3)7-6-10-15(2)9-5-4-8-13(15)11-16/h6-7,10-11,13H,4-5,8-9H2,1-3H3/b10-6+,12-7+. The van der Waals surface area contributed by atoms with Crippen LogP contribution in [0.1, 0.15) is 39.5 Å². The molecule has 0 aromatic heterocycles. The Kier molecular flexibility index (Phi) is 5.32. The average Bonchev–Trinajstić information content (AvgIpc) is 2.38. The van der Waals surface area contributed by atoms with E-state index in [2.05, 4.69) is 17.7 Å². The SMILES string of the molecule is COC(=O)/C(C)=C/C=C/C1(C)CCCCC1C=O. The highest BCUT2D eigenvalue weighted by Gasteiger charge is 2.33. The summed E-state index contributed by atoms with van der Waals surface area (Å²) in [5.74, 6) is -0.227. The van der Waals surface area contributed by atoms with Gasteiger partial charge in [0.05, 0.1) is 7.11 Å². The van der Waals surface area contributed by atoms with Crippen molar-refractivity contribution in [3.63, 3.8) is 0 Å². The van der Waals surface area contributed by atoms with Crippen LogP contribution in [0.4, 0.5) is 0 Å². The molecule has 18 heavy (non-hydrogen) atoms. The second-order valence-electron chi connectivity index (χ2n) is 5.19. The Morgan fingerprint density at radius 2 is 2.11 bits per heavy atom. The van der Waals surface area contributed by atoms with Gasteiger partial charge in [-0.25, -0.2) is 4.79 Å². The molecule has 0 aliphatic heterocycles. The lowest BCUT2D eigenvalue weighted by molar-refractivity contribution is -0.136. The van der Waals surface area contributed by atoms with Crippen molar-refractivity contribution < 1.29 is 14.3 Å². The zero-order valence-corrected chi connectivity index (χ0v) is 11.4. The molecule has 0 aromatic carbocycles. The number of ether oxygens (including phenoxy) is 1. The molecular formula is C15H22O3. The van der Waals surface area contributed by atoms with Crippen molar-refractivity contribution in [2.45, 2.75) is 39.5 Å². The van der Waals surface area contributed by atoms with E-state index in [4.69, 9.17) is 0 Å². The monoisotopic (exact) mass is 250 g/mol. The molecule has 0 aromatic rings. The summed E-state index contributed by atoms with van der Waals surface area (Å²) in [5.41, 5.74) is 0.489. The highest BCUT2D eigenvalue weighted by molar-refractivity contribution is 5.87. The van der Waals surface area contributed by atoms with Crippen molar-refractivity contribution in [3.8, 4) is 0 Å². The van der Waals surface area contributed by atoms with Gasteiger partial charge >= 0.3 is 5.97 Å². The van der Waals surface area contributed by atoms with E-state index in [9.17, 15) is 9.59 Å². The van der Waals surface area contributed by atoms with Crippen LogP contribution in [0.15, 0.2) is 23.8 Å². The summed E-state index contributed by atoms with van der Waals surface area (Å²) in [5, 5.41) is 0. The Hall–Kier alpha value is -1.38. The topological polar surface area (TPSA) is 43.4 Å². The van der Waals surface area contributed by atoms with E-state index < -0.39 is 0 Å². The first-order chi connectivity index (χ1) is 8.53. The number of carbonyl (C=O) groups excluding carboxylic acids is 2. The van der Waals surface area contributed by atoms with Crippen molar-refractivity contribution >= 4 is 12.3 Å². The Balaban J connectivity index is 2.75. The van der Waals surface area contributed by atoms with E-state index in [1.54, 1.807) is 13.0 Å². The van der Waals surface area contributed by atoms with Crippen LogP contribution >= 0.6 is 0 Å². The van der Waals surface area contributed by atoms with Crippen LogP contribution < -0.4 is 0 Å². The van der Waals surface area contributed by atoms with Crippen LogP contribution in [0, 0.1) is 11.3 Å². The van der Waals surface area contributed by atoms with Gasteiger partial charge in [-0.05, 0) is 25.2 Å². The second-order valence-corrected chi connectivity index (χ2v) is 5.19. The van der Waals surface area contributed by atoms with Crippen LogP contribution in [0.2, 0.25) is 0 Å². The van der Waals surface area contributed by atoms with Gasteiger partial charge in [0.1, 0.15) is 6.29 Å². The van der Waals surface area contributed by atoms with Crippen molar-refractivity contribution in [1.82, 2.24) is 0 Å². The summed E-state index contributed by atoms with van der Waals surface area (Å²) in [6.45, 7) is 3.83. The average molecular weight is 250 g/mol. The molecule has 0 heterocycles. The Labute approximate surface area is 109 Å². The van der Waals surface area contributed by atoms with Crippen LogP contribution in [-0.2, 0) is 14.3 Å². The molecule has 1 rings (SSSR count). The molecule has 0 saturated heterocycles. The third kappa shape index (κ3) is 3.56. The number of esters is 1. The third-order valence-corrected chi connectivity index (χ3v) is 3.82. The van der Waals surface area contributed by atoms with Gasteiger partial charge in [0.2, 0.25) is 0 Å². The molecule has 0 amide bonds. The lowest BCUT2D eigenvalue weighted by Gasteiger charge is -2.36. The molecule has 3 heteroatoms. The number of hydrogen-bond acceptors (Lipinski definition) is 3. The summed E-state index contributed by atoms with van der Waals surface area (Å²) in [6, 6.07) is 0. The number of methoxy groups -OCH3 is 1. The van der Waals surface area contributed by atoms with Crippen LogP contribution in [0.3, 0.4) is 0 Å². The molecule has 100 valence electrons. The molecule has 0 spiro atoms. The van der Waals surface area contributed by atoms with Crippen molar-refractivity contribution in [2.24, 2.45) is 11.3 Å². The Bertz CT molecular complexity index is 368. The molecule has 1 fully saturated rings. The molecule has 3 nitrogen and oxygen atoms in total. The number of carbonyl (C=O) groups is 2. The first-order valence-electron chi connectivity index (χ1n) is 6.43. The Morgan fingerprint density at radius 1 is 1.39 bits per heavy atom. The summed E-state index contributed by atoms with van der Waals surface area (Å²) in [4.78, 5) is 22.3. The smallest absolute Gasteiger partial charge is 0.333 e. The van der Waals surface area contributed by atoms with E-state index in [0.717, 1.165) is 32.0 Å².